The summed E-state index contributed by atoms with van der Waals surface area (Å²) < 4.78 is 26.9. The number of carbonyl (C=O) groups excluding carboxylic acids is 1. The van der Waals surface area contributed by atoms with Gasteiger partial charge in [0.2, 0.25) is 0 Å². The molecule has 0 fully saturated rings. The Bertz CT molecular complexity index is 1250. The number of hydrogen-bond acceptors (Lipinski definition) is 5. The predicted octanol–water partition coefficient (Wildman–Crippen LogP) is 5.27. The second-order valence-corrected chi connectivity index (χ2v) is 8.10. The number of benzene rings is 2. The topological polar surface area (TPSA) is 82.2 Å². The van der Waals surface area contributed by atoms with Gasteiger partial charge in [-0.15, -0.1) is 0 Å². The van der Waals surface area contributed by atoms with Crippen LogP contribution in [0, 0.1) is 19.7 Å². The molecule has 4 rings (SSSR count). The van der Waals surface area contributed by atoms with Crippen LogP contribution in [0.15, 0.2) is 63.7 Å². The van der Waals surface area contributed by atoms with Crippen LogP contribution < -0.4 is 10.1 Å². The molecule has 2 aromatic heterocycles. The number of aromatic nitrogens is 3. The quantitative estimate of drug-likeness (QED) is 0.375. The van der Waals surface area contributed by atoms with E-state index in [1.807, 2.05) is 31.2 Å². The molecule has 4 aromatic rings. The third-order valence-electron chi connectivity index (χ3n) is 4.82. The monoisotopic (exact) mass is 498 g/mol. The summed E-state index contributed by atoms with van der Waals surface area (Å²) in [6.07, 6.45) is 1.78. The number of aryl methyl sites for hydroxylation is 2. The third-order valence-corrected chi connectivity index (χ3v) is 5.40. The fourth-order valence-electron chi connectivity index (χ4n) is 3.06. The van der Waals surface area contributed by atoms with Crippen LogP contribution in [-0.4, -0.2) is 20.8 Å². The Balaban J connectivity index is 1.47. The minimum Gasteiger partial charge on any atom is -0.486 e. The molecular formula is C23H20BrFN4O3. The van der Waals surface area contributed by atoms with Crippen LogP contribution in [0.5, 0.6) is 5.75 Å². The van der Waals surface area contributed by atoms with Gasteiger partial charge in [0.05, 0.1) is 16.6 Å². The summed E-state index contributed by atoms with van der Waals surface area (Å²) in [7, 11) is 0. The molecular weight excluding hydrogens is 479 g/mol. The molecule has 0 aliphatic rings. The molecule has 0 spiro atoms. The first-order valence-corrected chi connectivity index (χ1v) is 10.6. The summed E-state index contributed by atoms with van der Waals surface area (Å²) in [5.74, 6) is -0.151. The number of hydrogen-bond donors (Lipinski definition) is 1. The van der Waals surface area contributed by atoms with Crippen molar-refractivity contribution < 1.29 is 18.4 Å². The van der Waals surface area contributed by atoms with E-state index in [1.165, 1.54) is 17.7 Å². The van der Waals surface area contributed by atoms with Gasteiger partial charge in [0, 0.05) is 6.20 Å². The Labute approximate surface area is 192 Å². The van der Waals surface area contributed by atoms with Crippen molar-refractivity contribution in [1.82, 2.24) is 14.9 Å². The molecule has 0 saturated heterocycles. The Kier molecular flexibility index (Phi) is 6.36. The summed E-state index contributed by atoms with van der Waals surface area (Å²) >= 11 is 3.43. The number of nitrogens with zero attached hydrogens (tertiary/aromatic N) is 3. The molecule has 1 N–H and O–H groups in total. The van der Waals surface area contributed by atoms with Crippen molar-refractivity contribution in [1.29, 1.82) is 0 Å². The van der Waals surface area contributed by atoms with E-state index in [-0.39, 0.29) is 18.1 Å². The Hall–Kier alpha value is -3.46. The van der Waals surface area contributed by atoms with Gasteiger partial charge in [-0.05, 0) is 47.5 Å². The van der Waals surface area contributed by atoms with Gasteiger partial charge in [-0.2, -0.15) is 5.10 Å². The maximum Gasteiger partial charge on any atom is 0.279 e. The summed E-state index contributed by atoms with van der Waals surface area (Å²) in [5.41, 5.74) is 2.75. The molecule has 32 heavy (non-hydrogen) atoms. The summed E-state index contributed by atoms with van der Waals surface area (Å²) in [4.78, 5) is 12.9. The molecule has 0 saturated carbocycles. The van der Waals surface area contributed by atoms with Gasteiger partial charge in [0.25, 0.3) is 5.91 Å². The fourth-order valence-corrected chi connectivity index (χ4v) is 3.48. The van der Waals surface area contributed by atoms with E-state index in [0.29, 0.717) is 28.2 Å². The normalized spacial score (nSPS) is 10.9. The first kappa shape index (κ1) is 21.8. The average molecular weight is 499 g/mol. The molecule has 9 heteroatoms. The van der Waals surface area contributed by atoms with Gasteiger partial charge >= 0.3 is 0 Å². The van der Waals surface area contributed by atoms with Gasteiger partial charge in [-0.25, -0.2) is 4.39 Å². The lowest BCUT2D eigenvalue weighted by Crippen LogP contribution is -2.16. The molecule has 0 atom stereocenters. The number of carbonyl (C=O) groups is 1. The van der Waals surface area contributed by atoms with E-state index in [2.05, 4.69) is 31.5 Å². The van der Waals surface area contributed by atoms with Crippen LogP contribution in [-0.2, 0) is 13.2 Å². The molecule has 1 amide bonds. The van der Waals surface area contributed by atoms with Gasteiger partial charge in [-0.3, -0.25) is 9.48 Å². The zero-order chi connectivity index (χ0) is 22.7. The van der Waals surface area contributed by atoms with Gasteiger partial charge in [0.1, 0.15) is 12.4 Å². The SMILES string of the molecule is Cc1ccc(Cn2cc(Br)c(NC(=O)c3noc(C)c3COc3ccccc3F)n2)cc1. The molecule has 0 aliphatic heterocycles. The van der Waals surface area contributed by atoms with E-state index < -0.39 is 11.7 Å². The zero-order valence-corrected chi connectivity index (χ0v) is 19.0. The molecule has 0 bridgehead atoms. The summed E-state index contributed by atoms with van der Waals surface area (Å²) in [6, 6.07) is 14.2. The van der Waals surface area contributed by atoms with E-state index in [4.69, 9.17) is 9.26 Å². The number of halogens is 2. The standard InChI is InChI=1S/C23H20BrFN4O3/c1-14-7-9-16(10-8-14)11-29-12-18(24)22(27-29)26-23(30)21-17(15(2)32-28-21)13-31-20-6-4-3-5-19(20)25/h3-10,12H,11,13H2,1-2H3,(H,26,27,30). The highest BCUT2D eigenvalue weighted by atomic mass is 79.9. The molecule has 0 aliphatic carbocycles. The number of amides is 1. The minimum absolute atomic E-state index is 0.0545. The van der Waals surface area contributed by atoms with Crippen molar-refractivity contribution in [3.05, 3.63) is 93.2 Å². The lowest BCUT2D eigenvalue weighted by Gasteiger charge is -2.07. The smallest absolute Gasteiger partial charge is 0.279 e. The largest absolute Gasteiger partial charge is 0.486 e. The Morgan fingerprint density at radius 2 is 1.94 bits per heavy atom. The lowest BCUT2D eigenvalue weighted by molar-refractivity contribution is 0.101. The molecule has 7 nitrogen and oxygen atoms in total. The van der Waals surface area contributed by atoms with E-state index >= 15 is 0 Å². The highest BCUT2D eigenvalue weighted by Crippen LogP contribution is 2.24. The maximum atomic E-state index is 13.8. The first-order valence-electron chi connectivity index (χ1n) is 9.83. The summed E-state index contributed by atoms with van der Waals surface area (Å²) in [5, 5.41) is 11.0. The maximum absolute atomic E-state index is 13.8. The van der Waals surface area contributed by atoms with Gasteiger partial charge in [0.15, 0.2) is 23.1 Å². The number of para-hydroxylation sites is 1. The van der Waals surface area contributed by atoms with Crippen molar-refractivity contribution in [3.63, 3.8) is 0 Å². The predicted molar refractivity (Wildman–Crippen MR) is 120 cm³/mol. The van der Waals surface area contributed by atoms with Crippen molar-refractivity contribution in [2.24, 2.45) is 0 Å². The summed E-state index contributed by atoms with van der Waals surface area (Å²) in [6.45, 7) is 4.18. The van der Waals surface area contributed by atoms with E-state index in [0.717, 1.165) is 5.56 Å². The molecule has 2 heterocycles. The number of nitrogens with one attached hydrogen (secondary N) is 1. The van der Waals surface area contributed by atoms with Crippen LogP contribution in [0.4, 0.5) is 10.2 Å². The zero-order valence-electron chi connectivity index (χ0n) is 17.4. The molecule has 164 valence electrons. The van der Waals surface area contributed by atoms with Crippen molar-refractivity contribution >= 4 is 27.7 Å². The minimum atomic E-state index is -0.504. The average Bonchev–Trinajstić information content (AvgIpc) is 3.31. The highest BCUT2D eigenvalue weighted by Gasteiger charge is 2.22. The van der Waals surface area contributed by atoms with Crippen molar-refractivity contribution in [3.8, 4) is 5.75 Å². The van der Waals surface area contributed by atoms with Crippen molar-refractivity contribution in [2.75, 3.05) is 5.32 Å². The van der Waals surface area contributed by atoms with Crippen LogP contribution in [0.3, 0.4) is 0 Å². The first-order chi connectivity index (χ1) is 15.4. The van der Waals surface area contributed by atoms with Crippen LogP contribution in [0.25, 0.3) is 0 Å². The number of rotatable bonds is 7. The van der Waals surface area contributed by atoms with Gasteiger partial charge in [-0.1, -0.05) is 47.1 Å². The number of ether oxygens (including phenoxy) is 1. The molecule has 2 aromatic carbocycles. The van der Waals surface area contributed by atoms with Crippen LogP contribution in [0.1, 0.15) is 32.9 Å². The van der Waals surface area contributed by atoms with Crippen LogP contribution >= 0.6 is 15.9 Å². The Morgan fingerprint density at radius 3 is 2.69 bits per heavy atom. The lowest BCUT2D eigenvalue weighted by atomic mass is 10.1. The van der Waals surface area contributed by atoms with Crippen molar-refractivity contribution in [2.45, 2.75) is 27.0 Å². The molecule has 0 unspecified atom stereocenters. The second-order valence-electron chi connectivity index (χ2n) is 7.25. The molecule has 0 radical (unpaired) electrons. The second kappa shape index (κ2) is 9.35. The third kappa shape index (κ3) is 4.88. The van der Waals surface area contributed by atoms with Crippen LogP contribution in [0.2, 0.25) is 0 Å². The highest BCUT2D eigenvalue weighted by molar-refractivity contribution is 9.10. The Morgan fingerprint density at radius 1 is 1.19 bits per heavy atom. The number of anilines is 1. The fraction of sp³-hybridized carbons (Fsp3) is 0.174. The van der Waals surface area contributed by atoms with E-state index in [1.54, 1.807) is 29.9 Å². The van der Waals surface area contributed by atoms with E-state index in [9.17, 15) is 9.18 Å². The van der Waals surface area contributed by atoms with Gasteiger partial charge < -0.3 is 14.6 Å².